The summed E-state index contributed by atoms with van der Waals surface area (Å²) >= 11 is 1.46. The molecule has 1 unspecified atom stereocenters. The minimum atomic E-state index is -0.935. The van der Waals surface area contributed by atoms with Crippen molar-refractivity contribution in [3.63, 3.8) is 0 Å². The molecule has 0 saturated carbocycles. The number of aromatic nitrogens is 3. The number of carbonyl (C=O) groups excluding carboxylic acids is 1. The van der Waals surface area contributed by atoms with Gasteiger partial charge in [0.25, 0.3) is 0 Å². The maximum atomic E-state index is 11.6. The second-order valence-electron chi connectivity index (χ2n) is 10.5. The number of ketones is 1. The fourth-order valence-corrected chi connectivity index (χ4v) is 6.19. The minimum Gasteiger partial charge on any atom is -0.478 e. The van der Waals surface area contributed by atoms with Crippen LogP contribution < -0.4 is 4.74 Å². The van der Waals surface area contributed by atoms with Gasteiger partial charge in [-0.2, -0.15) is 0 Å². The Morgan fingerprint density at radius 2 is 1.93 bits per heavy atom. The predicted octanol–water partition coefficient (Wildman–Crippen LogP) is 5.14. The Hall–Kier alpha value is -3.60. The zero-order valence-electron chi connectivity index (χ0n) is 22.4. The number of fused-ring (bicyclic) bond motifs is 1. The Morgan fingerprint density at radius 1 is 1.10 bits per heavy atom. The summed E-state index contributed by atoms with van der Waals surface area (Å²) in [5.74, 6) is 1.03. The maximum absolute atomic E-state index is 11.6. The fraction of sp³-hybridized carbons (Fsp3) is 0.400. The van der Waals surface area contributed by atoms with Gasteiger partial charge in [-0.05, 0) is 75.7 Å². The lowest BCUT2D eigenvalue weighted by atomic mass is 9.93. The van der Waals surface area contributed by atoms with E-state index in [1.54, 1.807) is 25.1 Å². The lowest BCUT2D eigenvalue weighted by Crippen LogP contribution is -2.35. The molecule has 6 rings (SSSR count). The van der Waals surface area contributed by atoms with Crippen LogP contribution in [0.4, 0.5) is 0 Å². The van der Waals surface area contributed by atoms with Crippen molar-refractivity contribution >= 4 is 34.1 Å². The largest absolute Gasteiger partial charge is 0.478 e. The van der Waals surface area contributed by atoms with Gasteiger partial charge in [0.1, 0.15) is 12.4 Å². The van der Waals surface area contributed by atoms with Gasteiger partial charge in [0.2, 0.25) is 5.88 Å². The van der Waals surface area contributed by atoms with E-state index in [1.165, 1.54) is 11.3 Å². The Kier molecular flexibility index (Phi) is 7.64. The number of imidazole rings is 1. The molecular formula is C30H32N4O5S. The van der Waals surface area contributed by atoms with E-state index in [9.17, 15) is 14.7 Å². The Balaban J connectivity index is 1.10. The molecule has 0 amide bonds. The number of rotatable bonds is 10. The van der Waals surface area contributed by atoms with Gasteiger partial charge < -0.3 is 19.1 Å². The van der Waals surface area contributed by atoms with Crippen LogP contribution in [0.3, 0.4) is 0 Å². The average molecular weight is 561 g/mol. The van der Waals surface area contributed by atoms with Gasteiger partial charge in [-0.25, -0.2) is 14.8 Å². The van der Waals surface area contributed by atoms with Crippen LogP contribution in [-0.2, 0) is 24.4 Å². The number of carboxylic acid groups (broad SMARTS) is 1. The molecule has 2 aliphatic rings. The Labute approximate surface area is 236 Å². The van der Waals surface area contributed by atoms with Crippen molar-refractivity contribution in [3.8, 4) is 5.88 Å². The van der Waals surface area contributed by atoms with Crippen molar-refractivity contribution in [1.82, 2.24) is 19.4 Å². The molecule has 0 spiro atoms. The summed E-state index contributed by atoms with van der Waals surface area (Å²) < 4.78 is 13.8. The third-order valence-electron chi connectivity index (χ3n) is 7.74. The van der Waals surface area contributed by atoms with Gasteiger partial charge in [-0.15, -0.1) is 11.3 Å². The molecule has 3 aromatic heterocycles. The second kappa shape index (κ2) is 11.5. The van der Waals surface area contributed by atoms with Gasteiger partial charge in [0.05, 0.1) is 40.7 Å². The van der Waals surface area contributed by atoms with Crippen LogP contribution in [-0.4, -0.2) is 62.1 Å². The van der Waals surface area contributed by atoms with E-state index in [-0.39, 0.29) is 17.5 Å². The molecule has 0 radical (unpaired) electrons. The van der Waals surface area contributed by atoms with E-state index in [0.29, 0.717) is 31.5 Å². The summed E-state index contributed by atoms with van der Waals surface area (Å²) in [7, 11) is 0. The number of nitrogens with zero attached hydrogens (tertiary/aromatic N) is 4. The molecule has 10 heteroatoms. The number of aromatic carboxylic acids is 1. The van der Waals surface area contributed by atoms with E-state index >= 15 is 0 Å². The van der Waals surface area contributed by atoms with E-state index in [1.807, 2.05) is 24.3 Å². The van der Waals surface area contributed by atoms with Crippen LogP contribution in [0.1, 0.15) is 68.5 Å². The normalized spacial score (nSPS) is 18.1. The summed E-state index contributed by atoms with van der Waals surface area (Å²) in [4.78, 5) is 37.0. The van der Waals surface area contributed by atoms with Crippen molar-refractivity contribution in [2.45, 2.75) is 57.9 Å². The average Bonchev–Trinajstić information content (AvgIpc) is 3.54. The van der Waals surface area contributed by atoms with Crippen LogP contribution in [0.25, 0.3) is 11.0 Å². The molecular weight excluding hydrogens is 528 g/mol. The number of hydrogen-bond donors (Lipinski definition) is 1. The lowest BCUT2D eigenvalue weighted by molar-refractivity contribution is -0.0592. The second-order valence-corrected chi connectivity index (χ2v) is 11.7. The van der Waals surface area contributed by atoms with Crippen LogP contribution in [0.2, 0.25) is 0 Å². The summed E-state index contributed by atoms with van der Waals surface area (Å²) in [5.41, 5.74) is 2.98. The molecule has 2 aliphatic heterocycles. The monoisotopic (exact) mass is 560 g/mol. The molecule has 2 saturated heterocycles. The van der Waals surface area contributed by atoms with E-state index in [2.05, 4.69) is 15.5 Å². The molecule has 1 atom stereocenters. The first-order valence-electron chi connectivity index (χ1n) is 13.7. The maximum Gasteiger partial charge on any atom is 0.335 e. The molecule has 2 fully saturated rings. The molecule has 9 nitrogen and oxygen atoms in total. The molecule has 0 bridgehead atoms. The molecule has 208 valence electrons. The molecule has 1 N–H and O–H groups in total. The van der Waals surface area contributed by atoms with Gasteiger partial charge in [0.15, 0.2) is 5.78 Å². The number of carboxylic acids is 1. The number of benzene rings is 1. The van der Waals surface area contributed by atoms with Gasteiger partial charge in [0, 0.05) is 29.2 Å². The van der Waals surface area contributed by atoms with E-state index in [0.717, 1.165) is 71.3 Å². The fourth-order valence-electron chi connectivity index (χ4n) is 5.38. The van der Waals surface area contributed by atoms with Crippen molar-refractivity contribution in [2.75, 3.05) is 19.7 Å². The van der Waals surface area contributed by atoms with Crippen molar-refractivity contribution in [3.05, 3.63) is 75.4 Å². The topological polar surface area (TPSA) is 107 Å². The standard InChI is InChI=1S/C30H32N4O5S/c1-19(35)27-8-6-23(40-27)18-39-29-4-2-3-24(32-29)20-9-12-33(13-10-20)17-28-31-25-7-5-21(30(36)37)15-26(25)34(28)16-22-11-14-38-22/h2-8,15,20,22H,9-14,16-18H2,1H3,(H,36,37). The summed E-state index contributed by atoms with van der Waals surface area (Å²) in [6.07, 6.45) is 3.12. The first-order chi connectivity index (χ1) is 19.4. The van der Waals surface area contributed by atoms with Crippen molar-refractivity contribution < 1.29 is 24.2 Å². The number of carbonyl (C=O) groups is 2. The lowest BCUT2D eigenvalue weighted by Gasteiger charge is -2.32. The molecule has 1 aromatic carbocycles. The number of piperidine rings is 1. The van der Waals surface area contributed by atoms with Crippen molar-refractivity contribution in [2.24, 2.45) is 0 Å². The Bertz CT molecular complexity index is 1530. The molecule has 5 heterocycles. The summed E-state index contributed by atoms with van der Waals surface area (Å²) in [6, 6.07) is 14.9. The minimum absolute atomic E-state index is 0.0691. The highest BCUT2D eigenvalue weighted by Gasteiger charge is 2.26. The molecule has 0 aliphatic carbocycles. The van der Waals surface area contributed by atoms with Crippen LogP contribution in [0.15, 0.2) is 48.5 Å². The molecule has 4 aromatic rings. The highest BCUT2D eigenvalue weighted by molar-refractivity contribution is 7.14. The van der Waals surface area contributed by atoms with Crippen molar-refractivity contribution in [1.29, 1.82) is 0 Å². The zero-order chi connectivity index (χ0) is 27.6. The molecule has 40 heavy (non-hydrogen) atoms. The van der Waals surface area contributed by atoms with Crippen LogP contribution >= 0.6 is 11.3 Å². The van der Waals surface area contributed by atoms with Gasteiger partial charge >= 0.3 is 5.97 Å². The smallest absolute Gasteiger partial charge is 0.335 e. The summed E-state index contributed by atoms with van der Waals surface area (Å²) in [5, 5.41) is 9.49. The highest BCUT2D eigenvalue weighted by Crippen LogP contribution is 2.30. The third-order valence-corrected chi connectivity index (χ3v) is 8.90. The van der Waals surface area contributed by atoms with Crippen LogP contribution in [0.5, 0.6) is 5.88 Å². The van der Waals surface area contributed by atoms with E-state index < -0.39 is 5.97 Å². The van der Waals surface area contributed by atoms with E-state index in [4.69, 9.17) is 19.4 Å². The quantitative estimate of drug-likeness (QED) is 0.266. The Morgan fingerprint density at radius 3 is 2.62 bits per heavy atom. The number of Topliss-reactive ketones (excluding diaryl/α,β-unsaturated/α-hetero) is 1. The summed E-state index contributed by atoms with van der Waals surface area (Å²) in [6.45, 7) is 5.97. The number of thiophene rings is 1. The number of ether oxygens (including phenoxy) is 2. The first kappa shape index (κ1) is 26.6. The first-order valence-corrected chi connectivity index (χ1v) is 14.5. The van der Waals surface area contributed by atoms with Crippen LogP contribution in [0, 0.1) is 0 Å². The number of hydrogen-bond acceptors (Lipinski definition) is 8. The number of pyridine rings is 1. The zero-order valence-corrected chi connectivity index (χ0v) is 23.2. The van der Waals surface area contributed by atoms with Gasteiger partial charge in [-0.3, -0.25) is 9.69 Å². The number of likely N-dealkylation sites (tertiary alicyclic amines) is 1. The third kappa shape index (κ3) is 5.79. The SMILES string of the molecule is CC(=O)c1ccc(COc2cccc(C3CCN(Cc4nc5ccc(C(=O)O)cc5n4CC4CCO4)CC3)n2)s1. The highest BCUT2D eigenvalue weighted by atomic mass is 32.1. The predicted molar refractivity (Wildman–Crippen MR) is 151 cm³/mol. The van der Waals surface area contributed by atoms with Gasteiger partial charge in [-0.1, -0.05) is 6.07 Å².